The van der Waals surface area contributed by atoms with Crippen LogP contribution >= 0.6 is 7.92 Å². The van der Waals surface area contributed by atoms with Gasteiger partial charge in [0.05, 0.1) is 0 Å². The summed E-state index contributed by atoms with van der Waals surface area (Å²) >= 11 is 0. The van der Waals surface area contributed by atoms with Crippen molar-refractivity contribution >= 4 is 18.5 Å². The first-order valence-corrected chi connectivity index (χ1v) is 7.75. The van der Waals surface area contributed by atoms with Crippen molar-refractivity contribution in [2.24, 2.45) is 0 Å². The fourth-order valence-electron chi connectivity index (χ4n) is 2.07. The Morgan fingerprint density at radius 2 is 1.33 bits per heavy atom. The van der Waals surface area contributed by atoms with Crippen molar-refractivity contribution in [2.45, 2.75) is 19.8 Å². The van der Waals surface area contributed by atoms with Crippen molar-refractivity contribution in [3.05, 3.63) is 72.6 Å². The maximum absolute atomic E-state index is 4.33. The van der Waals surface area contributed by atoms with E-state index in [1.807, 2.05) is 0 Å². The molecule has 0 aliphatic rings. The maximum atomic E-state index is 4.33. The third-order valence-corrected chi connectivity index (χ3v) is 5.37. The van der Waals surface area contributed by atoms with Crippen LogP contribution < -0.4 is 10.6 Å². The van der Waals surface area contributed by atoms with E-state index in [1.54, 1.807) is 0 Å². The van der Waals surface area contributed by atoms with Gasteiger partial charge in [-0.2, -0.15) is 0 Å². The van der Waals surface area contributed by atoms with Gasteiger partial charge in [0.1, 0.15) is 0 Å². The molecule has 0 atom stereocenters. The monoisotopic (exact) mass is 254 g/mol. The summed E-state index contributed by atoms with van der Waals surface area (Å²) in [5.41, 5.74) is 0. The molecular weight excluding hydrogens is 235 g/mol. The van der Waals surface area contributed by atoms with Gasteiger partial charge >= 0.3 is 0 Å². The van der Waals surface area contributed by atoms with E-state index in [-0.39, 0.29) is 0 Å². The number of rotatable bonds is 5. The van der Waals surface area contributed by atoms with E-state index in [4.69, 9.17) is 0 Å². The summed E-state index contributed by atoms with van der Waals surface area (Å²) in [7, 11) is -0.412. The second-order valence-corrected chi connectivity index (χ2v) is 6.66. The van der Waals surface area contributed by atoms with E-state index >= 15 is 0 Å². The van der Waals surface area contributed by atoms with Gasteiger partial charge in [0.25, 0.3) is 0 Å². The van der Waals surface area contributed by atoms with Crippen LogP contribution in [0, 0.1) is 0 Å². The molecule has 0 unspecified atom stereocenters. The molecule has 1 heteroatoms. The zero-order valence-corrected chi connectivity index (χ0v) is 11.7. The smallest absolute Gasteiger partial charge is 0.0154 e. The summed E-state index contributed by atoms with van der Waals surface area (Å²) < 4.78 is 0. The quantitative estimate of drug-likeness (QED) is 0.692. The van der Waals surface area contributed by atoms with E-state index in [1.165, 1.54) is 15.9 Å². The van der Waals surface area contributed by atoms with E-state index in [2.05, 4.69) is 74.2 Å². The minimum atomic E-state index is -0.412. The largest absolute Gasteiger partial charge is 0.0947 e. The standard InChI is InChI=1S/C17H19P/c1-3-10-15(2)18(16-11-6-4-7-12-16)17-13-8-5-9-14-17/h4-9,11-14H,2-3,10H2,1H3. The predicted octanol–water partition coefficient (Wildman–Crippen LogP) is 4.43. The lowest BCUT2D eigenvalue weighted by Crippen LogP contribution is -2.12. The zero-order chi connectivity index (χ0) is 12.8. The highest BCUT2D eigenvalue weighted by molar-refractivity contribution is 7.76. The molecule has 0 aliphatic heterocycles. The third kappa shape index (κ3) is 3.09. The Hall–Kier alpha value is -1.39. The van der Waals surface area contributed by atoms with Crippen molar-refractivity contribution in [3.8, 4) is 0 Å². The lowest BCUT2D eigenvalue weighted by molar-refractivity contribution is 0.948. The normalized spacial score (nSPS) is 10.6. The summed E-state index contributed by atoms with van der Waals surface area (Å²) in [4.78, 5) is 0. The Morgan fingerprint density at radius 1 is 0.889 bits per heavy atom. The van der Waals surface area contributed by atoms with E-state index in [0.29, 0.717) is 0 Å². The van der Waals surface area contributed by atoms with Crippen LogP contribution in [0.1, 0.15) is 19.8 Å². The fourth-order valence-corrected chi connectivity index (χ4v) is 4.48. The van der Waals surface area contributed by atoms with Crippen molar-refractivity contribution in [3.63, 3.8) is 0 Å². The lowest BCUT2D eigenvalue weighted by Gasteiger charge is -2.20. The molecule has 0 saturated heterocycles. The molecule has 0 aromatic heterocycles. The van der Waals surface area contributed by atoms with Crippen LogP contribution in [0.15, 0.2) is 72.6 Å². The topological polar surface area (TPSA) is 0 Å². The fraction of sp³-hybridized carbons (Fsp3) is 0.176. The third-order valence-electron chi connectivity index (χ3n) is 2.88. The maximum Gasteiger partial charge on any atom is -0.0154 e. The Labute approximate surface area is 111 Å². The van der Waals surface area contributed by atoms with Crippen LogP contribution in [-0.2, 0) is 0 Å². The van der Waals surface area contributed by atoms with Gasteiger partial charge in [0, 0.05) is 0 Å². The molecule has 92 valence electrons. The molecule has 0 spiro atoms. The Bertz CT molecular complexity index is 448. The van der Waals surface area contributed by atoms with Crippen LogP contribution in [-0.4, -0.2) is 0 Å². The molecule has 0 fully saturated rings. The Morgan fingerprint density at radius 3 is 1.72 bits per heavy atom. The highest BCUT2D eigenvalue weighted by atomic mass is 31.1. The summed E-state index contributed by atoms with van der Waals surface area (Å²) in [5, 5.41) is 4.17. The van der Waals surface area contributed by atoms with Gasteiger partial charge in [-0.05, 0) is 30.3 Å². The average Bonchev–Trinajstić information content (AvgIpc) is 2.42. The van der Waals surface area contributed by atoms with Crippen LogP contribution in [0.25, 0.3) is 0 Å². The molecule has 0 saturated carbocycles. The SMILES string of the molecule is C=C(CCC)P(c1ccccc1)c1ccccc1. The molecular formula is C17H19P. The first kappa shape index (κ1) is 13.1. The molecule has 0 bridgehead atoms. The number of hydrogen-bond acceptors (Lipinski definition) is 0. The van der Waals surface area contributed by atoms with Gasteiger partial charge in [0.15, 0.2) is 0 Å². The molecule has 2 rings (SSSR count). The number of hydrogen-bond donors (Lipinski definition) is 0. The molecule has 0 N–H and O–H groups in total. The van der Waals surface area contributed by atoms with E-state index in [9.17, 15) is 0 Å². The van der Waals surface area contributed by atoms with Crippen LogP contribution in [0.4, 0.5) is 0 Å². The second-order valence-electron chi connectivity index (χ2n) is 4.32. The molecule has 18 heavy (non-hydrogen) atoms. The van der Waals surface area contributed by atoms with E-state index < -0.39 is 7.92 Å². The minimum Gasteiger partial charge on any atom is -0.0947 e. The number of allylic oxidation sites excluding steroid dienone is 1. The highest BCUT2D eigenvalue weighted by Gasteiger charge is 2.15. The summed E-state index contributed by atoms with van der Waals surface area (Å²) in [6.45, 7) is 6.54. The van der Waals surface area contributed by atoms with Crippen LogP contribution in [0.5, 0.6) is 0 Å². The van der Waals surface area contributed by atoms with Crippen molar-refractivity contribution in [1.82, 2.24) is 0 Å². The van der Waals surface area contributed by atoms with Gasteiger partial charge in [-0.3, -0.25) is 0 Å². The van der Waals surface area contributed by atoms with Gasteiger partial charge in [-0.15, -0.1) is 0 Å². The van der Waals surface area contributed by atoms with Crippen molar-refractivity contribution < 1.29 is 0 Å². The van der Waals surface area contributed by atoms with Crippen LogP contribution in [0.3, 0.4) is 0 Å². The van der Waals surface area contributed by atoms with Crippen molar-refractivity contribution in [2.75, 3.05) is 0 Å². The van der Waals surface area contributed by atoms with E-state index in [0.717, 1.165) is 12.8 Å². The van der Waals surface area contributed by atoms with Gasteiger partial charge in [0.2, 0.25) is 0 Å². The zero-order valence-electron chi connectivity index (χ0n) is 10.8. The lowest BCUT2D eigenvalue weighted by atomic mass is 10.3. The van der Waals surface area contributed by atoms with Gasteiger partial charge in [-0.1, -0.05) is 80.6 Å². The average molecular weight is 254 g/mol. The predicted molar refractivity (Wildman–Crippen MR) is 83.1 cm³/mol. The molecule has 0 radical (unpaired) electrons. The Balaban J connectivity index is 2.38. The molecule has 0 amide bonds. The Kier molecular flexibility index (Phi) is 4.73. The van der Waals surface area contributed by atoms with Gasteiger partial charge in [-0.25, -0.2) is 0 Å². The minimum absolute atomic E-state index is 0.412. The molecule has 0 aliphatic carbocycles. The van der Waals surface area contributed by atoms with Crippen molar-refractivity contribution in [1.29, 1.82) is 0 Å². The molecule has 2 aromatic rings. The van der Waals surface area contributed by atoms with Gasteiger partial charge < -0.3 is 0 Å². The molecule has 0 nitrogen and oxygen atoms in total. The summed E-state index contributed by atoms with van der Waals surface area (Å²) in [6, 6.07) is 21.5. The number of benzene rings is 2. The highest BCUT2D eigenvalue weighted by Crippen LogP contribution is 2.43. The summed E-state index contributed by atoms with van der Waals surface area (Å²) in [5.74, 6) is 0. The summed E-state index contributed by atoms with van der Waals surface area (Å²) in [6.07, 6.45) is 2.27. The first-order chi connectivity index (χ1) is 8.83. The first-order valence-electron chi connectivity index (χ1n) is 6.41. The molecule has 2 aromatic carbocycles. The molecule has 0 heterocycles. The second kappa shape index (κ2) is 6.52. The van der Waals surface area contributed by atoms with Crippen LogP contribution in [0.2, 0.25) is 0 Å².